The van der Waals surface area contributed by atoms with E-state index in [1.807, 2.05) is 6.07 Å². The summed E-state index contributed by atoms with van der Waals surface area (Å²) in [6.07, 6.45) is 5.14. The summed E-state index contributed by atoms with van der Waals surface area (Å²) in [5.41, 5.74) is -1.63. The molecule has 6 rings (SSSR count). The van der Waals surface area contributed by atoms with Crippen molar-refractivity contribution in [2.75, 3.05) is 0 Å². The molecule has 3 N–H and O–H groups in total. The number of benzene rings is 2. The highest BCUT2D eigenvalue weighted by Gasteiger charge is 2.72. The van der Waals surface area contributed by atoms with Gasteiger partial charge in [-0.05, 0) is 61.9 Å². The third-order valence-electron chi connectivity index (χ3n) is 8.90. The minimum Gasteiger partial charge on any atom is -0.390 e. The number of thioether (sulfide) groups is 1. The van der Waals surface area contributed by atoms with Crippen molar-refractivity contribution in [1.29, 1.82) is 0 Å². The quantitative estimate of drug-likeness (QED) is 0.461. The molecule has 1 saturated heterocycles. The summed E-state index contributed by atoms with van der Waals surface area (Å²) in [7, 11) is 0. The summed E-state index contributed by atoms with van der Waals surface area (Å²) in [4.78, 5) is 29.0. The Morgan fingerprint density at radius 3 is 2.59 bits per heavy atom. The van der Waals surface area contributed by atoms with Gasteiger partial charge in [0.05, 0.1) is 22.1 Å². The fourth-order valence-corrected chi connectivity index (χ4v) is 9.20. The van der Waals surface area contributed by atoms with Crippen molar-refractivity contribution in [2.24, 2.45) is 0 Å². The van der Waals surface area contributed by atoms with Crippen molar-refractivity contribution in [1.82, 2.24) is 10.6 Å². The topological polar surface area (TPSA) is 78.4 Å². The number of fused-ring (bicyclic) bond motifs is 3. The highest BCUT2D eigenvalue weighted by Crippen LogP contribution is 2.65. The van der Waals surface area contributed by atoms with E-state index in [0.717, 1.165) is 41.5 Å². The average molecular weight is 564 g/mol. The summed E-state index contributed by atoms with van der Waals surface area (Å²) in [5, 5.41) is 17.3. The minimum atomic E-state index is -1.17. The molecule has 2 spiro atoms. The Hall–Kier alpha value is -1.64. The van der Waals surface area contributed by atoms with Gasteiger partial charge in [-0.2, -0.15) is 0 Å². The zero-order valence-corrected chi connectivity index (χ0v) is 22.8. The van der Waals surface area contributed by atoms with Gasteiger partial charge in [-0.15, -0.1) is 0 Å². The van der Waals surface area contributed by atoms with E-state index in [9.17, 15) is 14.7 Å². The van der Waals surface area contributed by atoms with Gasteiger partial charge < -0.3 is 10.4 Å². The number of hydrogen-bond acceptors (Lipinski definition) is 5. The molecule has 2 aliphatic carbocycles. The molecule has 37 heavy (non-hydrogen) atoms. The summed E-state index contributed by atoms with van der Waals surface area (Å²) >= 11 is 13.7. The van der Waals surface area contributed by atoms with Crippen molar-refractivity contribution in [3.8, 4) is 0 Å². The molecule has 3 atom stereocenters. The zero-order chi connectivity index (χ0) is 26.2. The van der Waals surface area contributed by atoms with Crippen LogP contribution in [0.1, 0.15) is 68.9 Å². The molecule has 0 unspecified atom stereocenters. The maximum Gasteiger partial charge on any atom is 0.238 e. The van der Waals surface area contributed by atoms with Crippen LogP contribution in [0, 0.1) is 5.82 Å². The minimum absolute atomic E-state index is 0.0409. The van der Waals surface area contributed by atoms with E-state index in [4.69, 9.17) is 23.2 Å². The molecule has 1 amide bonds. The lowest BCUT2D eigenvalue weighted by atomic mass is 9.56. The molecule has 2 saturated carbocycles. The smallest absolute Gasteiger partial charge is 0.238 e. The average Bonchev–Trinajstić information content (AvgIpc) is 3.28. The monoisotopic (exact) mass is 562 g/mol. The van der Waals surface area contributed by atoms with Crippen molar-refractivity contribution in [2.45, 2.75) is 91.3 Å². The normalized spacial score (nSPS) is 34.0. The molecule has 4 aliphatic rings. The van der Waals surface area contributed by atoms with Gasteiger partial charge in [0.1, 0.15) is 5.82 Å². The van der Waals surface area contributed by atoms with Crippen LogP contribution in [0.4, 0.5) is 4.39 Å². The van der Waals surface area contributed by atoms with Crippen molar-refractivity contribution < 1.29 is 19.1 Å². The Morgan fingerprint density at radius 1 is 1.16 bits per heavy atom. The lowest BCUT2D eigenvalue weighted by Crippen LogP contribution is -2.60. The van der Waals surface area contributed by atoms with Crippen LogP contribution in [0.15, 0.2) is 41.3 Å². The Bertz CT molecular complexity index is 1290. The first kappa shape index (κ1) is 25.6. The molecular formula is C28H29Cl2FN2O3S. The number of amides is 1. The predicted octanol–water partition coefficient (Wildman–Crippen LogP) is 5.49. The van der Waals surface area contributed by atoms with Gasteiger partial charge in [-0.1, -0.05) is 72.4 Å². The molecule has 9 heteroatoms. The third kappa shape index (κ3) is 3.80. The molecule has 0 aromatic heterocycles. The first-order valence-electron chi connectivity index (χ1n) is 12.8. The van der Waals surface area contributed by atoms with Gasteiger partial charge in [0.2, 0.25) is 11.0 Å². The van der Waals surface area contributed by atoms with Crippen molar-refractivity contribution in [3.63, 3.8) is 0 Å². The molecule has 2 aromatic rings. The Kier molecular flexibility index (Phi) is 6.20. The highest BCUT2D eigenvalue weighted by atomic mass is 35.5. The lowest BCUT2D eigenvalue weighted by Gasteiger charge is -2.47. The van der Waals surface area contributed by atoms with E-state index in [0.29, 0.717) is 30.7 Å². The Balaban J connectivity index is 1.55. The second-order valence-electron chi connectivity index (χ2n) is 11.3. The second-order valence-corrected chi connectivity index (χ2v) is 13.2. The van der Waals surface area contributed by atoms with Crippen LogP contribution >= 0.6 is 35.0 Å². The van der Waals surface area contributed by atoms with Gasteiger partial charge in [-0.3, -0.25) is 14.9 Å². The predicted molar refractivity (Wildman–Crippen MR) is 143 cm³/mol. The van der Waals surface area contributed by atoms with Gasteiger partial charge in [0, 0.05) is 27.4 Å². The highest BCUT2D eigenvalue weighted by molar-refractivity contribution is 8.14. The number of nitrogens with one attached hydrogen (secondary N) is 2. The Morgan fingerprint density at radius 2 is 1.89 bits per heavy atom. The van der Waals surface area contributed by atoms with Crippen LogP contribution < -0.4 is 10.6 Å². The standard InChI is InChI=1S/C28H29Cl2FN2O3S/c1-26(36)13-16(14-26)32-24(34)23-21(17-6-5-7-19(30)22(17)31)28(27(33-23)10-3-2-4-11-27)18-9-8-15(29)12-20(18)37-25(28)35/h5-9,12,16,21,23,33,36H,2-4,10-11,13-14H2,1H3,(H,32,34)/t16?,21-,23+,26?,28+/m0/s1. The number of carbonyl (C=O) groups is 2. The first-order valence-corrected chi connectivity index (χ1v) is 14.4. The van der Waals surface area contributed by atoms with Crippen LogP contribution in [0.3, 0.4) is 0 Å². The van der Waals surface area contributed by atoms with Crippen LogP contribution in [0.2, 0.25) is 10.0 Å². The number of carbonyl (C=O) groups excluding carboxylic acids is 2. The van der Waals surface area contributed by atoms with Gasteiger partial charge in [-0.25, -0.2) is 4.39 Å². The lowest BCUT2D eigenvalue weighted by molar-refractivity contribution is -0.127. The van der Waals surface area contributed by atoms with E-state index in [1.54, 1.807) is 31.2 Å². The maximum atomic E-state index is 15.8. The number of aliphatic hydroxyl groups is 1. The fraction of sp³-hybridized carbons (Fsp3) is 0.500. The van der Waals surface area contributed by atoms with Gasteiger partial charge in [0.15, 0.2) is 0 Å². The molecule has 5 nitrogen and oxygen atoms in total. The van der Waals surface area contributed by atoms with Crippen LogP contribution in [0.25, 0.3) is 0 Å². The number of halogens is 3. The third-order valence-corrected chi connectivity index (χ3v) is 10.5. The van der Waals surface area contributed by atoms with Crippen LogP contribution in [-0.2, 0) is 15.0 Å². The number of hydrogen-bond donors (Lipinski definition) is 3. The fourth-order valence-electron chi connectivity index (χ4n) is 7.47. The van der Waals surface area contributed by atoms with Crippen molar-refractivity contribution in [3.05, 3.63) is 63.4 Å². The number of rotatable bonds is 3. The molecule has 3 fully saturated rings. The molecule has 0 radical (unpaired) electrons. The molecule has 0 bridgehead atoms. The van der Waals surface area contributed by atoms with Crippen molar-refractivity contribution >= 4 is 46.0 Å². The second kappa shape index (κ2) is 8.95. The Labute approximate surface area is 229 Å². The molecule has 2 aromatic carbocycles. The van der Waals surface area contributed by atoms with E-state index in [-0.39, 0.29) is 27.7 Å². The maximum absolute atomic E-state index is 15.8. The zero-order valence-electron chi connectivity index (χ0n) is 20.5. The van der Waals surface area contributed by atoms with Crippen LogP contribution in [-0.4, -0.2) is 39.4 Å². The molecule has 2 aliphatic heterocycles. The van der Waals surface area contributed by atoms with E-state index in [2.05, 4.69) is 10.6 Å². The van der Waals surface area contributed by atoms with Gasteiger partial charge >= 0.3 is 0 Å². The SMILES string of the molecule is CC1(O)CC(NC(=O)[C@@H]2NC3(CCCCC3)[C@@]3(C(=O)Sc4cc(Cl)ccc43)[C@H]2c2cccc(Cl)c2F)C1. The van der Waals surface area contributed by atoms with E-state index >= 15 is 4.39 Å². The summed E-state index contributed by atoms with van der Waals surface area (Å²) in [6.45, 7) is 1.75. The summed E-state index contributed by atoms with van der Waals surface area (Å²) < 4.78 is 15.8. The molecular weight excluding hydrogens is 534 g/mol. The summed E-state index contributed by atoms with van der Waals surface area (Å²) in [5.74, 6) is -1.70. The van der Waals surface area contributed by atoms with Gasteiger partial charge in [0.25, 0.3) is 0 Å². The summed E-state index contributed by atoms with van der Waals surface area (Å²) in [6, 6.07) is 9.22. The van der Waals surface area contributed by atoms with E-state index in [1.165, 1.54) is 6.07 Å². The molecule has 196 valence electrons. The van der Waals surface area contributed by atoms with E-state index < -0.39 is 34.3 Å². The van der Waals surface area contributed by atoms with Crippen LogP contribution in [0.5, 0.6) is 0 Å². The first-order chi connectivity index (χ1) is 17.6. The molecule has 2 heterocycles. The largest absolute Gasteiger partial charge is 0.390 e.